The molecule has 100 valence electrons. The van der Waals surface area contributed by atoms with E-state index in [0.29, 0.717) is 19.5 Å². The summed E-state index contributed by atoms with van der Waals surface area (Å²) >= 11 is 3.40. The molecule has 4 nitrogen and oxygen atoms in total. The maximum absolute atomic E-state index is 11.8. The fourth-order valence-corrected chi connectivity index (χ4v) is 2.03. The summed E-state index contributed by atoms with van der Waals surface area (Å²) in [6.45, 7) is 2.85. The molecule has 18 heavy (non-hydrogen) atoms. The Morgan fingerprint density at radius 1 is 1.56 bits per heavy atom. The summed E-state index contributed by atoms with van der Waals surface area (Å²) in [6.07, 6.45) is 0.696. The smallest absolute Gasteiger partial charge is 0.223 e. The molecule has 0 fully saturated rings. The van der Waals surface area contributed by atoms with Crippen LogP contribution in [0.25, 0.3) is 0 Å². The summed E-state index contributed by atoms with van der Waals surface area (Å²) in [4.78, 5) is 11.8. The summed E-state index contributed by atoms with van der Waals surface area (Å²) < 4.78 is 6.21. The average molecular weight is 315 g/mol. The molecule has 0 heterocycles. The van der Waals surface area contributed by atoms with Gasteiger partial charge in [-0.25, -0.2) is 0 Å². The number of hydrogen-bond donors (Lipinski definition) is 2. The van der Waals surface area contributed by atoms with Crippen LogP contribution in [0.3, 0.4) is 0 Å². The molecular formula is C13H19BrN2O2. The molecule has 1 aromatic carbocycles. The van der Waals surface area contributed by atoms with Crippen LogP contribution in [0, 0.1) is 5.92 Å². The lowest BCUT2D eigenvalue weighted by atomic mass is 10.1. The third kappa shape index (κ3) is 4.31. The predicted octanol–water partition coefficient (Wildman–Crippen LogP) is 2.06. The predicted molar refractivity (Wildman–Crippen MR) is 75.4 cm³/mol. The number of rotatable bonds is 6. The minimum atomic E-state index is -0.0619. The van der Waals surface area contributed by atoms with E-state index in [4.69, 9.17) is 10.5 Å². The van der Waals surface area contributed by atoms with Gasteiger partial charge in [0.15, 0.2) is 0 Å². The Morgan fingerprint density at radius 2 is 2.28 bits per heavy atom. The zero-order chi connectivity index (χ0) is 13.5. The Morgan fingerprint density at radius 3 is 2.89 bits per heavy atom. The highest BCUT2D eigenvalue weighted by Crippen LogP contribution is 2.22. The van der Waals surface area contributed by atoms with Crippen LogP contribution in [0.4, 0.5) is 0 Å². The zero-order valence-electron chi connectivity index (χ0n) is 10.7. The molecule has 5 heteroatoms. The summed E-state index contributed by atoms with van der Waals surface area (Å²) in [5, 5.41) is 2.89. The lowest BCUT2D eigenvalue weighted by Gasteiger charge is -2.13. The van der Waals surface area contributed by atoms with Gasteiger partial charge in [-0.1, -0.05) is 22.9 Å². The summed E-state index contributed by atoms with van der Waals surface area (Å²) in [5.74, 6) is 0.723. The number of halogens is 1. The van der Waals surface area contributed by atoms with Gasteiger partial charge in [0.2, 0.25) is 5.91 Å². The van der Waals surface area contributed by atoms with Crippen molar-refractivity contribution in [2.45, 2.75) is 19.9 Å². The van der Waals surface area contributed by atoms with Crippen molar-refractivity contribution in [2.24, 2.45) is 11.7 Å². The molecule has 1 aromatic rings. The van der Waals surface area contributed by atoms with Crippen molar-refractivity contribution in [1.29, 1.82) is 0 Å². The van der Waals surface area contributed by atoms with Crippen LogP contribution in [-0.2, 0) is 11.3 Å². The SMILES string of the molecule is COc1ccc(Br)cc1CNC(=O)C(C)CCN. The van der Waals surface area contributed by atoms with Crippen LogP contribution in [0.15, 0.2) is 22.7 Å². The highest BCUT2D eigenvalue weighted by atomic mass is 79.9. The van der Waals surface area contributed by atoms with E-state index in [2.05, 4.69) is 21.2 Å². The van der Waals surface area contributed by atoms with E-state index in [1.54, 1.807) is 7.11 Å². The van der Waals surface area contributed by atoms with Crippen molar-refractivity contribution >= 4 is 21.8 Å². The van der Waals surface area contributed by atoms with Gasteiger partial charge in [0.1, 0.15) is 5.75 Å². The third-order valence-electron chi connectivity index (χ3n) is 2.74. The highest BCUT2D eigenvalue weighted by molar-refractivity contribution is 9.10. The second-order valence-electron chi connectivity index (χ2n) is 4.15. The first kappa shape index (κ1) is 15.0. The summed E-state index contributed by atoms with van der Waals surface area (Å²) in [7, 11) is 1.62. The number of carbonyl (C=O) groups is 1. The molecule has 0 aliphatic rings. The monoisotopic (exact) mass is 314 g/mol. The van der Waals surface area contributed by atoms with Crippen LogP contribution in [0.1, 0.15) is 18.9 Å². The number of amides is 1. The van der Waals surface area contributed by atoms with Gasteiger partial charge in [-0.15, -0.1) is 0 Å². The number of hydrogen-bond acceptors (Lipinski definition) is 3. The molecule has 1 unspecified atom stereocenters. The Kier molecular flexibility index (Phi) is 6.15. The van der Waals surface area contributed by atoms with Crippen molar-refractivity contribution in [3.63, 3.8) is 0 Å². The van der Waals surface area contributed by atoms with Crippen molar-refractivity contribution < 1.29 is 9.53 Å². The number of nitrogens with one attached hydrogen (secondary N) is 1. The quantitative estimate of drug-likeness (QED) is 0.844. The number of ether oxygens (including phenoxy) is 1. The Hall–Kier alpha value is -1.07. The minimum Gasteiger partial charge on any atom is -0.496 e. The second kappa shape index (κ2) is 7.38. The fourth-order valence-electron chi connectivity index (χ4n) is 1.62. The first-order valence-electron chi connectivity index (χ1n) is 5.88. The molecule has 1 atom stereocenters. The van der Waals surface area contributed by atoms with Gasteiger partial charge in [0.25, 0.3) is 0 Å². The topological polar surface area (TPSA) is 64.3 Å². The van der Waals surface area contributed by atoms with E-state index >= 15 is 0 Å². The summed E-state index contributed by atoms with van der Waals surface area (Å²) in [6, 6.07) is 5.71. The van der Waals surface area contributed by atoms with Gasteiger partial charge >= 0.3 is 0 Å². The number of nitrogens with two attached hydrogens (primary N) is 1. The van der Waals surface area contributed by atoms with Gasteiger partial charge in [-0.05, 0) is 31.2 Å². The second-order valence-corrected chi connectivity index (χ2v) is 5.07. The third-order valence-corrected chi connectivity index (χ3v) is 3.24. The molecule has 0 radical (unpaired) electrons. The van der Waals surface area contributed by atoms with Crippen LogP contribution in [-0.4, -0.2) is 19.6 Å². The lowest BCUT2D eigenvalue weighted by Crippen LogP contribution is -2.30. The standard InChI is InChI=1S/C13H19BrN2O2/c1-9(5-6-15)13(17)16-8-10-7-11(14)3-4-12(10)18-2/h3-4,7,9H,5-6,8,15H2,1-2H3,(H,16,17). The van der Waals surface area contributed by atoms with Crippen molar-refractivity contribution in [3.8, 4) is 5.75 Å². The fraction of sp³-hybridized carbons (Fsp3) is 0.462. The van der Waals surface area contributed by atoms with Crippen LogP contribution < -0.4 is 15.8 Å². The first-order valence-corrected chi connectivity index (χ1v) is 6.68. The normalized spacial score (nSPS) is 12.0. The Balaban J connectivity index is 2.62. The average Bonchev–Trinajstić information content (AvgIpc) is 2.36. The van der Waals surface area contributed by atoms with Crippen LogP contribution >= 0.6 is 15.9 Å². The Bertz CT molecular complexity index is 410. The molecule has 0 spiro atoms. The molecule has 0 saturated carbocycles. The van der Waals surface area contributed by atoms with Crippen LogP contribution in [0.5, 0.6) is 5.75 Å². The zero-order valence-corrected chi connectivity index (χ0v) is 12.3. The van der Waals surface area contributed by atoms with Gasteiger partial charge in [-0.3, -0.25) is 4.79 Å². The van der Waals surface area contributed by atoms with E-state index in [1.165, 1.54) is 0 Å². The Labute approximate surface area is 116 Å². The van der Waals surface area contributed by atoms with E-state index in [1.807, 2.05) is 25.1 Å². The number of carbonyl (C=O) groups excluding carboxylic acids is 1. The maximum atomic E-state index is 11.8. The number of methoxy groups -OCH3 is 1. The molecule has 3 N–H and O–H groups in total. The van der Waals surface area contributed by atoms with Gasteiger partial charge in [0.05, 0.1) is 7.11 Å². The van der Waals surface area contributed by atoms with E-state index in [0.717, 1.165) is 15.8 Å². The molecule has 0 aliphatic carbocycles. The molecule has 0 saturated heterocycles. The molecule has 1 amide bonds. The molecule has 0 bridgehead atoms. The summed E-state index contributed by atoms with van der Waals surface area (Å²) in [5.41, 5.74) is 6.38. The molecule has 0 aromatic heterocycles. The largest absolute Gasteiger partial charge is 0.496 e. The van der Waals surface area contributed by atoms with Gasteiger partial charge < -0.3 is 15.8 Å². The van der Waals surface area contributed by atoms with Gasteiger partial charge in [0, 0.05) is 22.5 Å². The number of benzene rings is 1. The van der Waals surface area contributed by atoms with Crippen molar-refractivity contribution in [2.75, 3.05) is 13.7 Å². The van der Waals surface area contributed by atoms with Gasteiger partial charge in [-0.2, -0.15) is 0 Å². The lowest BCUT2D eigenvalue weighted by molar-refractivity contribution is -0.124. The molecular weight excluding hydrogens is 296 g/mol. The minimum absolute atomic E-state index is 0.0162. The molecule has 1 rings (SSSR count). The highest BCUT2D eigenvalue weighted by Gasteiger charge is 2.12. The first-order chi connectivity index (χ1) is 8.58. The van der Waals surface area contributed by atoms with Crippen LogP contribution in [0.2, 0.25) is 0 Å². The maximum Gasteiger partial charge on any atom is 0.223 e. The van der Waals surface area contributed by atoms with Crippen molar-refractivity contribution in [1.82, 2.24) is 5.32 Å². The van der Waals surface area contributed by atoms with E-state index < -0.39 is 0 Å². The molecule has 0 aliphatic heterocycles. The van der Waals surface area contributed by atoms with Crippen molar-refractivity contribution in [3.05, 3.63) is 28.2 Å². The van der Waals surface area contributed by atoms with E-state index in [-0.39, 0.29) is 11.8 Å². The van der Waals surface area contributed by atoms with E-state index in [9.17, 15) is 4.79 Å².